The molecule has 2 N–H and O–H groups in total. The molecule has 2 aromatic carbocycles. The molecule has 0 aliphatic carbocycles. The number of amides is 1. The van der Waals surface area contributed by atoms with Crippen molar-refractivity contribution in [3.8, 4) is 0 Å². The number of carbonyl (C=O) groups is 1. The molecule has 0 heterocycles. The first kappa shape index (κ1) is 20.4. The first-order valence-corrected chi connectivity index (χ1v) is 10.3. The zero-order valence-corrected chi connectivity index (χ0v) is 16.4. The average molecular weight is 395 g/mol. The van der Waals surface area contributed by atoms with Crippen molar-refractivity contribution in [3.05, 3.63) is 64.7 Å². The number of aryl methyl sites for hydroxylation is 1. The Labute approximate surface area is 159 Å². The third-order valence-electron chi connectivity index (χ3n) is 4.16. The first-order valence-electron chi connectivity index (χ1n) is 8.43. The molecule has 1 unspecified atom stereocenters. The van der Waals surface area contributed by atoms with Gasteiger partial charge in [0.25, 0.3) is 0 Å². The Morgan fingerprint density at radius 1 is 1.08 bits per heavy atom. The fourth-order valence-electron chi connectivity index (χ4n) is 2.59. The van der Waals surface area contributed by atoms with Crippen molar-refractivity contribution in [3.63, 3.8) is 0 Å². The molecule has 0 aromatic heterocycles. The summed E-state index contributed by atoms with van der Waals surface area (Å²) in [6.45, 7) is 2.01. The van der Waals surface area contributed by atoms with Gasteiger partial charge in [-0.1, -0.05) is 42.8 Å². The fraction of sp³-hybridized carbons (Fsp3) is 0.316. The highest BCUT2D eigenvalue weighted by Crippen LogP contribution is 2.19. The summed E-state index contributed by atoms with van der Waals surface area (Å²) in [7, 11) is -2.06. The van der Waals surface area contributed by atoms with Crippen LogP contribution < -0.4 is 10.0 Å². The van der Waals surface area contributed by atoms with Gasteiger partial charge in [0.05, 0.1) is 10.9 Å². The molecule has 0 saturated carbocycles. The van der Waals surface area contributed by atoms with E-state index in [2.05, 4.69) is 10.0 Å². The molecule has 1 amide bonds. The van der Waals surface area contributed by atoms with Gasteiger partial charge in [-0.3, -0.25) is 4.79 Å². The van der Waals surface area contributed by atoms with Crippen molar-refractivity contribution < 1.29 is 13.2 Å². The monoisotopic (exact) mass is 394 g/mol. The van der Waals surface area contributed by atoms with Crippen molar-refractivity contribution in [2.75, 3.05) is 7.05 Å². The van der Waals surface area contributed by atoms with Crippen molar-refractivity contribution >= 4 is 27.5 Å². The highest BCUT2D eigenvalue weighted by Gasteiger charge is 2.14. The minimum Gasteiger partial charge on any atom is -0.349 e. The normalized spacial score (nSPS) is 12.6. The highest BCUT2D eigenvalue weighted by molar-refractivity contribution is 7.89. The van der Waals surface area contributed by atoms with E-state index in [0.29, 0.717) is 17.9 Å². The second-order valence-corrected chi connectivity index (χ2v) is 8.25. The van der Waals surface area contributed by atoms with Gasteiger partial charge < -0.3 is 5.32 Å². The highest BCUT2D eigenvalue weighted by atomic mass is 35.5. The number of carbonyl (C=O) groups excluding carboxylic acids is 1. The molecule has 0 aliphatic heterocycles. The largest absolute Gasteiger partial charge is 0.349 e. The number of hydrogen-bond donors (Lipinski definition) is 2. The Hall–Kier alpha value is -1.89. The predicted molar refractivity (Wildman–Crippen MR) is 104 cm³/mol. The van der Waals surface area contributed by atoms with E-state index in [9.17, 15) is 13.2 Å². The van der Waals surface area contributed by atoms with Crippen LogP contribution in [0, 0.1) is 0 Å². The Morgan fingerprint density at radius 3 is 2.23 bits per heavy atom. The molecule has 1 atom stereocenters. The Morgan fingerprint density at radius 2 is 1.69 bits per heavy atom. The Bertz CT molecular complexity index is 834. The van der Waals surface area contributed by atoms with Gasteiger partial charge in [0.2, 0.25) is 15.9 Å². The van der Waals surface area contributed by atoms with Crippen molar-refractivity contribution in [2.45, 2.75) is 37.1 Å². The molecule has 5 nitrogen and oxygen atoms in total. The molecule has 0 spiro atoms. The molecule has 0 saturated heterocycles. The number of hydrogen-bond acceptors (Lipinski definition) is 3. The summed E-state index contributed by atoms with van der Waals surface area (Å²) in [5.41, 5.74) is 1.93. The van der Waals surface area contributed by atoms with Gasteiger partial charge in [0.15, 0.2) is 0 Å². The summed E-state index contributed by atoms with van der Waals surface area (Å²) in [5.74, 6) is -0.0428. The molecule has 0 radical (unpaired) electrons. The van der Waals surface area contributed by atoms with Gasteiger partial charge in [0.1, 0.15) is 0 Å². The quantitative estimate of drug-likeness (QED) is 0.720. The third-order valence-corrected chi connectivity index (χ3v) is 5.84. The maximum absolute atomic E-state index is 12.3. The zero-order valence-electron chi connectivity index (χ0n) is 14.8. The number of sulfonamides is 1. The third kappa shape index (κ3) is 5.56. The van der Waals surface area contributed by atoms with Crippen LogP contribution >= 0.6 is 11.6 Å². The van der Waals surface area contributed by atoms with Gasteiger partial charge in [-0.2, -0.15) is 0 Å². The predicted octanol–water partition coefficient (Wildman–Crippen LogP) is 3.45. The van der Waals surface area contributed by atoms with E-state index in [1.807, 2.05) is 31.2 Å². The number of nitrogens with one attached hydrogen (secondary N) is 2. The minimum absolute atomic E-state index is 0.0428. The maximum atomic E-state index is 12.3. The van der Waals surface area contributed by atoms with Crippen LogP contribution in [-0.2, 0) is 21.2 Å². The first-order chi connectivity index (χ1) is 12.4. The molecule has 0 fully saturated rings. The Kier molecular flexibility index (Phi) is 7.20. The van der Waals surface area contributed by atoms with E-state index >= 15 is 0 Å². The van der Waals surface area contributed by atoms with Crippen LogP contribution in [0.2, 0.25) is 5.02 Å². The lowest BCUT2D eigenvalue weighted by Gasteiger charge is -2.17. The molecular formula is C19H23ClN2O3S. The summed E-state index contributed by atoms with van der Waals surface area (Å²) >= 11 is 5.90. The van der Waals surface area contributed by atoms with Crippen LogP contribution in [0.25, 0.3) is 0 Å². The SMILES string of the molecule is CCC(NC(=O)CCc1ccc(S(=O)(=O)NC)cc1)c1ccc(Cl)cc1. The average Bonchev–Trinajstić information content (AvgIpc) is 2.65. The van der Waals surface area contributed by atoms with Gasteiger partial charge >= 0.3 is 0 Å². The fourth-order valence-corrected chi connectivity index (χ4v) is 3.45. The minimum atomic E-state index is -3.44. The van der Waals surface area contributed by atoms with Crippen LogP contribution in [0.15, 0.2) is 53.4 Å². The molecule has 26 heavy (non-hydrogen) atoms. The topological polar surface area (TPSA) is 75.3 Å². The lowest BCUT2D eigenvalue weighted by Crippen LogP contribution is -2.28. The molecular weight excluding hydrogens is 372 g/mol. The summed E-state index contributed by atoms with van der Waals surface area (Å²) in [6, 6.07) is 13.9. The molecule has 140 valence electrons. The van der Waals surface area contributed by atoms with E-state index in [-0.39, 0.29) is 16.8 Å². The number of benzene rings is 2. The van der Waals surface area contributed by atoms with Crippen LogP contribution in [-0.4, -0.2) is 21.4 Å². The van der Waals surface area contributed by atoms with E-state index in [4.69, 9.17) is 11.6 Å². The number of rotatable bonds is 8. The van der Waals surface area contributed by atoms with Crippen LogP contribution in [0.3, 0.4) is 0 Å². The van der Waals surface area contributed by atoms with Gasteiger partial charge in [-0.25, -0.2) is 13.1 Å². The lowest BCUT2D eigenvalue weighted by molar-refractivity contribution is -0.121. The van der Waals surface area contributed by atoms with Crippen molar-refractivity contribution in [1.29, 1.82) is 0 Å². The van der Waals surface area contributed by atoms with Crippen LogP contribution in [0.4, 0.5) is 0 Å². The molecule has 0 bridgehead atoms. The van der Waals surface area contributed by atoms with E-state index in [0.717, 1.165) is 17.5 Å². The maximum Gasteiger partial charge on any atom is 0.240 e. The van der Waals surface area contributed by atoms with Crippen molar-refractivity contribution in [2.24, 2.45) is 0 Å². The zero-order chi connectivity index (χ0) is 19.2. The molecule has 2 aromatic rings. The van der Waals surface area contributed by atoms with E-state index in [1.54, 1.807) is 24.3 Å². The van der Waals surface area contributed by atoms with Gasteiger partial charge in [-0.15, -0.1) is 0 Å². The van der Waals surface area contributed by atoms with Gasteiger partial charge in [0, 0.05) is 11.4 Å². The van der Waals surface area contributed by atoms with Crippen molar-refractivity contribution in [1.82, 2.24) is 10.0 Å². The second kappa shape index (κ2) is 9.16. The van der Waals surface area contributed by atoms with Crippen LogP contribution in [0.1, 0.15) is 36.9 Å². The standard InChI is InChI=1S/C19H23ClN2O3S/c1-3-18(15-7-9-16(20)10-8-15)22-19(23)13-6-14-4-11-17(12-5-14)26(24,25)21-2/h4-5,7-12,18,21H,3,6,13H2,1-2H3,(H,22,23). The smallest absolute Gasteiger partial charge is 0.240 e. The van der Waals surface area contributed by atoms with E-state index < -0.39 is 10.0 Å². The second-order valence-electron chi connectivity index (χ2n) is 5.93. The van der Waals surface area contributed by atoms with Gasteiger partial charge in [-0.05, 0) is 55.3 Å². The van der Waals surface area contributed by atoms with E-state index in [1.165, 1.54) is 7.05 Å². The van der Waals surface area contributed by atoms with Crippen LogP contribution in [0.5, 0.6) is 0 Å². The summed E-state index contributed by atoms with van der Waals surface area (Å²) in [5, 5.41) is 3.69. The summed E-state index contributed by atoms with van der Waals surface area (Å²) < 4.78 is 25.7. The molecule has 7 heteroatoms. The molecule has 2 rings (SSSR count). The summed E-state index contributed by atoms with van der Waals surface area (Å²) in [4.78, 5) is 12.5. The molecule has 0 aliphatic rings. The lowest BCUT2D eigenvalue weighted by atomic mass is 10.0. The Balaban J connectivity index is 1.92. The summed E-state index contributed by atoms with van der Waals surface area (Å²) in [6.07, 6.45) is 1.66. The number of halogens is 1.